The number of azo groups is 2. The molecule has 46 heavy (non-hydrogen) atoms. The SMILES string of the molecule is Cc1ccc(-n2nc(C)c(/N=N/c3ccc(-c4ccc(/N=N/c5c(C)nn(-c6ccc(C)cc6)c5O)c(Cl)c4)cc3Cl)c2O)cc1. The zero-order chi connectivity index (χ0) is 32.5. The van der Waals surface area contributed by atoms with Crippen LogP contribution in [0, 0.1) is 27.7 Å². The molecule has 0 saturated heterocycles. The zero-order valence-electron chi connectivity index (χ0n) is 25.3. The van der Waals surface area contributed by atoms with Gasteiger partial charge in [-0.25, -0.2) is 0 Å². The summed E-state index contributed by atoms with van der Waals surface area (Å²) in [6.45, 7) is 7.47. The van der Waals surface area contributed by atoms with Gasteiger partial charge in [-0.05, 0) is 87.4 Å². The van der Waals surface area contributed by atoms with Crippen LogP contribution in [0.1, 0.15) is 22.5 Å². The van der Waals surface area contributed by atoms with Crippen molar-refractivity contribution < 1.29 is 10.2 Å². The van der Waals surface area contributed by atoms with Crippen LogP contribution in [0.4, 0.5) is 22.7 Å². The van der Waals surface area contributed by atoms with Gasteiger partial charge in [0.1, 0.15) is 11.4 Å². The summed E-state index contributed by atoms with van der Waals surface area (Å²) in [4.78, 5) is 0. The van der Waals surface area contributed by atoms with Crippen molar-refractivity contribution in [1.82, 2.24) is 19.6 Å². The minimum absolute atomic E-state index is 0.116. The minimum atomic E-state index is -0.116. The first-order valence-electron chi connectivity index (χ1n) is 14.2. The Bertz CT molecular complexity index is 1980. The third-order valence-corrected chi connectivity index (χ3v) is 7.92. The Hall–Kier alpha value is -5.32. The first-order chi connectivity index (χ1) is 22.1. The molecule has 6 rings (SSSR count). The Morgan fingerprint density at radius 2 is 0.891 bits per heavy atom. The van der Waals surface area contributed by atoms with E-state index in [9.17, 15) is 10.2 Å². The minimum Gasteiger partial charge on any atom is -0.492 e. The highest BCUT2D eigenvalue weighted by Gasteiger charge is 2.17. The van der Waals surface area contributed by atoms with Gasteiger partial charge in [-0.3, -0.25) is 0 Å². The van der Waals surface area contributed by atoms with Crippen LogP contribution in [0.5, 0.6) is 11.8 Å². The molecule has 0 aliphatic carbocycles. The molecule has 0 unspecified atom stereocenters. The lowest BCUT2D eigenvalue weighted by molar-refractivity contribution is 0.434. The van der Waals surface area contributed by atoms with E-state index >= 15 is 0 Å². The van der Waals surface area contributed by atoms with Gasteiger partial charge >= 0.3 is 0 Å². The van der Waals surface area contributed by atoms with Crippen LogP contribution in [-0.2, 0) is 0 Å². The lowest BCUT2D eigenvalue weighted by Crippen LogP contribution is -1.95. The lowest BCUT2D eigenvalue weighted by Gasteiger charge is -2.06. The van der Waals surface area contributed by atoms with Crippen LogP contribution in [-0.4, -0.2) is 29.8 Å². The maximum absolute atomic E-state index is 10.8. The first-order valence-corrected chi connectivity index (χ1v) is 15.0. The normalized spacial score (nSPS) is 11.7. The van der Waals surface area contributed by atoms with Gasteiger partial charge in [0.15, 0.2) is 11.4 Å². The topological polar surface area (TPSA) is 126 Å². The van der Waals surface area contributed by atoms with Crippen molar-refractivity contribution in [3.63, 3.8) is 0 Å². The number of benzene rings is 4. The van der Waals surface area contributed by atoms with Gasteiger partial charge in [-0.15, -0.1) is 20.5 Å². The lowest BCUT2D eigenvalue weighted by atomic mass is 10.1. The largest absolute Gasteiger partial charge is 0.492 e. The maximum Gasteiger partial charge on any atom is 0.243 e. The van der Waals surface area contributed by atoms with Crippen molar-refractivity contribution in [2.24, 2.45) is 20.5 Å². The Kier molecular flexibility index (Phi) is 8.40. The van der Waals surface area contributed by atoms with Gasteiger partial charge in [0.05, 0.1) is 32.8 Å². The van der Waals surface area contributed by atoms with E-state index in [2.05, 4.69) is 30.7 Å². The van der Waals surface area contributed by atoms with Crippen LogP contribution in [0.3, 0.4) is 0 Å². The molecule has 0 bridgehead atoms. The standard InChI is InChI=1S/C34H28Cl2N8O2/c1-19-5-11-25(12-6-19)43-33(45)31(21(3)41-43)39-37-29-15-9-23(17-27(29)35)24-10-16-30(28(36)18-24)38-40-32-22(4)42-44(34(32)46)26-13-7-20(2)8-14-26/h5-18,45-46H,1-4H3/b39-37+,40-38+. The van der Waals surface area contributed by atoms with E-state index in [1.54, 1.807) is 38.1 Å². The summed E-state index contributed by atoms with van der Waals surface area (Å²) in [5.41, 5.74) is 7.61. The Balaban J connectivity index is 1.20. The fraction of sp³-hybridized carbons (Fsp3) is 0.118. The molecule has 0 saturated carbocycles. The molecule has 12 heteroatoms. The molecule has 0 aliphatic heterocycles. The molecule has 0 amide bonds. The Labute approximate surface area is 274 Å². The van der Waals surface area contributed by atoms with Crippen molar-refractivity contribution in [1.29, 1.82) is 0 Å². The summed E-state index contributed by atoms with van der Waals surface area (Å²) in [7, 11) is 0. The van der Waals surface area contributed by atoms with Gasteiger partial charge in [0.25, 0.3) is 0 Å². The fourth-order valence-electron chi connectivity index (χ4n) is 4.72. The van der Waals surface area contributed by atoms with E-state index in [0.29, 0.717) is 44.2 Å². The highest BCUT2D eigenvalue weighted by Crippen LogP contribution is 2.39. The molecule has 2 N–H and O–H groups in total. The predicted octanol–water partition coefficient (Wildman–Crippen LogP) is 10.5. The van der Waals surface area contributed by atoms with Crippen LogP contribution in [0.2, 0.25) is 10.0 Å². The molecule has 0 aliphatic rings. The smallest absolute Gasteiger partial charge is 0.243 e. The predicted molar refractivity (Wildman–Crippen MR) is 180 cm³/mol. The number of aromatic hydroxyl groups is 2. The second-order valence-electron chi connectivity index (χ2n) is 10.7. The molecular weight excluding hydrogens is 623 g/mol. The van der Waals surface area contributed by atoms with Crippen molar-refractivity contribution in [3.05, 3.63) is 117 Å². The summed E-state index contributed by atoms with van der Waals surface area (Å²) in [6, 6.07) is 25.9. The number of aromatic nitrogens is 4. The highest BCUT2D eigenvalue weighted by atomic mass is 35.5. The van der Waals surface area contributed by atoms with E-state index < -0.39 is 0 Å². The second-order valence-corrected chi connectivity index (χ2v) is 11.6. The molecule has 6 aromatic rings. The van der Waals surface area contributed by atoms with Crippen LogP contribution in [0.15, 0.2) is 105 Å². The number of hydrogen-bond acceptors (Lipinski definition) is 8. The highest BCUT2D eigenvalue weighted by molar-refractivity contribution is 6.34. The average Bonchev–Trinajstić information content (AvgIpc) is 3.49. The van der Waals surface area contributed by atoms with Crippen LogP contribution in [0.25, 0.3) is 22.5 Å². The van der Waals surface area contributed by atoms with E-state index in [4.69, 9.17) is 23.2 Å². The summed E-state index contributed by atoms with van der Waals surface area (Å²) in [6.07, 6.45) is 0. The third kappa shape index (κ3) is 6.13. The maximum atomic E-state index is 10.8. The Morgan fingerprint density at radius 1 is 0.522 bits per heavy atom. The van der Waals surface area contributed by atoms with Crippen LogP contribution < -0.4 is 0 Å². The summed E-state index contributed by atoms with van der Waals surface area (Å²) in [5, 5.41) is 48.1. The van der Waals surface area contributed by atoms with E-state index in [0.717, 1.165) is 22.3 Å². The number of nitrogens with zero attached hydrogens (tertiary/aromatic N) is 8. The van der Waals surface area contributed by atoms with Crippen molar-refractivity contribution in [3.8, 4) is 34.3 Å². The second kappa shape index (κ2) is 12.6. The quantitative estimate of drug-likeness (QED) is 0.167. The van der Waals surface area contributed by atoms with Gasteiger partial charge in [-0.2, -0.15) is 19.6 Å². The number of halogens is 2. The number of aryl methyl sites for hydroxylation is 4. The van der Waals surface area contributed by atoms with Gasteiger partial charge in [0, 0.05) is 0 Å². The number of hydrogen-bond donors (Lipinski definition) is 2. The molecule has 230 valence electrons. The average molecular weight is 652 g/mol. The van der Waals surface area contributed by atoms with Crippen LogP contribution >= 0.6 is 23.2 Å². The van der Waals surface area contributed by atoms with Gasteiger partial charge < -0.3 is 10.2 Å². The number of rotatable bonds is 7. The molecular formula is C34H28Cl2N8O2. The molecule has 10 nitrogen and oxygen atoms in total. The third-order valence-electron chi connectivity index (χ3n) is 7.31. The molecule has 2 heterocycles. The molecule has 0 atom stereocenters. The van der Waals surface area contributed by atoms with Gasteiger partial charge in [-0.1, -0.05) is 70.7 Å². The summed E-state index contributed by atoms with van der Waals surface area (Å²) < 4.78 is 2.84. The monoisotopic (exact) mass is 650 g/mol. The van der Waals surface area contributed by atoms with Crippen molar-refractivity contribution in [2.75, 3.05) is 0 Å². The Morgan fingerprint density at radius 3 is 1.24 bits per heavy atom. The van der Waals surface area contributed by atoms with E-state index in [-0.39, 0.29) is 23.1 Å². The molecule has 4 aromatic carbocycles. The van der Waals surface area contributed by atoms with Gasteiger partial charge in [0.2, 0.25) is 11.8 Å². The molecule has 0 spiro atoms. The first kappa shape index (κ1) is 30.7. The molecule has 0 radical (unpaired) electrons. The fourth-order valence-corrected chi connectivity index (χ4v) is 5.16. The molecule has 2 aromatic heterocycles. The van der Waals surface area contributed by atoms with E-state index in [1.807, 2.05) is 74.5 Å². The zero-order valence-corrected chi connectivity index (χ0v) is 26.8. The summed E-state index contributed by atoms with van der Waals surface area (Å²) in [5.74, 6) is -0.231. The molecule has 0 fully saturated rings. The van der Waals surface area contributed by atoms with Crippen molar-refractivity contribution in [2.45, 2.75) is 27.7 Å². The van der Waals surface area contributed by atoms with Crippen molar-refractivity contribution >= 4 is 46.0 Å². The van der Waals surface area contributed by atoms with E-state index in [1.165, 1.54) is 9.36 Å². The summed E-state index contributed by atoms with van der Waals surface area (Å²) >= 11 is 13.2.